The zero-order chi connectivity index (χ0) is 27.0. The summed E-state index contributed by atoms with van der Waals surface area (Å²) in [7, 11) is -3.88. The van der Waals surface area contributed by atoms with Crippen LogP contribution in [0.25, 0.3) is 16.9 Å². The minimum Gasteiger partial charge on any atom is -0.493 e. The standard InChI is InChI=1S/C25H32N6O6S/c1-3-37-20-9-8-18(38(35,36)30-12-10-29(11-13-30)15-21(32)33)14-19(20)23-27-25(34)22-16(2)26-24(31(22)28-23)17-6-4-5-7-17/h8-9,14,17H,3-7,10-13,15H2,1-2H3,(H,32,33)(H,27,28,34). The molecule has 2 N–H and O–H groups in total. The summed E-state index contributed by atoms with van der Waals surface area (Å²) in [5, 5.41) is 13.8. The highest BCUT2D eigenvalue weighted by molar-refractivity contribution is 7.89. The number of aliphatic carboxylic acids is 1. The number of aryl methyl sites for hydroxylation is 1. The molecule has 0 spiro atoms. The number of fused-ring (bicyclic) bond motifs is 1. The Labute approximate surface area is 220 Å². The van der Waals surface area contributed by atoms with E-state index in [1.807, 2.05) is 6.92 Å². The predicted molar refractivity (Wildman–Crippen MR) is 139 cm³/mol. The number of carboxylic acid groups (broad SMARTS) is 1. The Balaban J connectivity index is 1.55. The minimum atomic E-state index is -3.88. The van der Waals surface area contributed by atoms with Crippen LogP contribution in [0.1, 0.15) is 50.0 Å². The molecular formula is C25H32N6O6S. The van der Waals surface area contributed by atoms with Crippen LogP contribution in [0.2, 0.25) is 0 Å². The van der Waals surface area contributed by atoms with Gasteiger partial charge in [0.2, 0.25) is 10.0 Å². The third kappa shape index (κ3) is 4.93. The van der Waals surface area contributed by atoms with E-state index in [0.29, 0.717) is 42.2 Å². The molecule has 1 aromatic carbocycles. The van der Waals surface area contributed by atoms with Crippen molar-refractivity contribution in [1.82, 2.24) is 28.8 Å². The Bertz CT molecular complexity index is 1520. The molecule has 2 aromatic heterocycles. The fourth-order valence-electron chi connectivity index (χ4n) is 5.37. The van der Waals surface area contributed by atoms with Crippen LogP contribution in [0.3, 0.4) is 0 Å². The first-order valence-corrected chi connectivity index (χ1v) is 14.3. The van der Waals surface area contributed by atoms with Crippen molar-refractivity contribution in [1.29, 1.82) is 0 Å². The molecule has 0 amide bonds. The molecule has 12 nitrogen and oxygen atoms in total. The van der Waals surface area contributed by atoms with Crippen molar-refractivity contribution in [3.63, 3.8) is 0 Å². The predicted octanol–water partition coefficient (Wildman–Crippen LogP) is 1.84. The van der Waals surface area contributed by atoms with Gasteiger partial charge in [-0.2, -0.15) is 4.31 Å². The van der Waals surface area contributed by atoms with Crippen LogP contribution in [0.5, 0.6) is 5.75 Å². The van der Waals surface area contributed by atoms with Gasteiger partial charge < -0.3 is 14.8 Å². The number of carboxylic acids is 1. The maximum absolute atomic E-state index is 13.5. The van der Waals surface area contributed by atoms with Crippen LogP contribution < -0.4 is 10.3 Å². The first-order chi connectivity index (χ1) is 18.2. The highest BCUT2D eigenvalue weighted by atomic mass is 32.2. The first-order valence-electron chi connectivity index (χ1n) is 12.9. The molecule has 0 atom stereocenters. The maximum atomic E-state index is 13.5. The second-order valence-corrected chi connectivity index (χ2v) is 11.7. The molecule has 1 saturated heterocycles. The van der Waals surface area contributed by atoms with E-state index in [1.54, 1.807) is 22.4 Å². The summed E-state index contributed by atoms with van der Waals surface area (Å²) < 4.78 is 35.8. The molecular weight excluding hydrogens is 512 g/mol. The summed E-state index contributed by atoms with van der Waals surface area (Å²) >= 11 is 0. The Hall–Kier alpha value is -3.29. The van der Waals surface area contributed by atoms with E-state index in [2.05, 4.69) is 9.97 Å². The van der Waals surface area contributed by atoms with Crippen molar-refractivity contribution in [3.05, 3.63) is 40.1 Å². The van der Waals surface area contributed by atoms with Crippen LogP contribution in [0.4, 0.5) is 0 Å². The summed E-state index contributed by atoms with van der Waals surface area (Å²) in [6.07, 6.45) is 4.18. The molecule has 3 heterocycles. The van der Waals surface area contributed by atoms with Gasteiger partial charge in [-0.15, -0.1) is 5.10 Å². The lowest BCUT2D eigenvalue weighted by Crippen LogP contribution is -2.49. The van der Waals surface area contributed by atoms with E-state index >= 15 is 0 Å². The normalized spacial score (nSPS) is 17.8. The van der Waals surface area contributed by atoms with Crippen LogP contribution in [0.15, 0.2) is 27.9 Å². The van der Waals surface area contributed by atoms with Crippen molar-refractivity contribution in [3.8, 4) is 17.1 Å². The lowest BCUT2D eigenvalue weighted by molar-refractivity contribution is -0.138. The van der Waals surface area contributed by atoms with E-state index < -0.39 is 16.0 Å². The number of carbonyl (C=O) groups is 1. The number of ether oxygens (including phenoxy) is 1. The number of nitrogens with zero attached hydrogens (tertiary/aromatic N) is 5. The van der Waals surface area contributed by atoms with Crippen molar-refractivity contribution in [2.24, 2.45) is 0 Å². The number of aromatic nitrogens is 4. The Kier molecular flexibility index (Phi) is 7.25. The molecule has 0 bridgehead atoms. The molecule has 1 aliphatic heterocycles. The van der Waals surface area contributed by atoms with E-state index in [-0.39, 0.29) is 41.8 Å². The third-order valence-corrected chi connectivity index (χ3v) is 9.15. The maximum Gasteiger partial charge on any atom is 0.317 e. The molecule has 38 heavy (non-hydrogen) atoms. The highest BCUT2D eigenvalue weighted by Gasteiger charge is 2.31. The van der Waals surface area contributed by atoms with E-state index in [4.69, 9.17) is 14.9 Å². The molecule has 0 unspecified atom stereocenters. The summed E-state index contributed by atoms with van der Waals surface area (Å²) in [6, 6.07) is 4.54. The van der Waals surface area contributed by atoms with Crippen LogP contribution in [-0.2, 0) is 14.8 Å². The van der Waals surface area contributed by atoms with Crippen LogP contribution >= 0.6 is 0 Å². The molecule has 5 rings (SSSR count). The number of aromatic amines is 1. The van der Waals surface area contributed by atoms with E-state index in [1.165, 1.54) is 16.4 Å². The zero-order valence-corrected chi connectivity index (χ0v) is 22.3. The van der Waals surface area contributed by atoms with Gasteiger partial charge in [0.15, 0.2) is 11.3 Å². The molecule has 13 heteroatoms. The summed E-state index contributed by atoms with van der Waals surface area (Å²) in [6.45, 7) is 4.83. The lowest BCUT2D eigenvalue weighted by Gasteiger charge is -2.33. The number of sulfonamides is 1. The van der Waals surface area contributed by atoms with Gasteiger partial charge in [-0.05, 0) is 44.9 Å². The second kappa shape index (κ2) is 10.5. The smallest absolute Gasteiger partial charge is 0.317 e. The van der Waals surface area contributed by atoms with Crippen molar-refractivity contribution < 1.29 is 23.1 Å². The molecule has 3 aromatic rings. The fourth-order valence-corrected chi connectivity index (χ4v) is 6.82. The molecule has 1 aliphatic carbocycles. The quantitative estimate of drug-likeness (QED) is 0.433. The Morgan fingerprint density at radius 3 is 2.55 bits per heavy atom. The zero-order valence-electron chi connectivity index (χ0n) is 21.5. The molecule has 2 fully saturated rings. The lowest BCUT2D eigenvalue weighted by atomic mass is 10.1. The first kappa shape index (κ1) is 26.3. The molecule has 1 saturated carbocycles. The number of imidazole rings is 1. The minimum absolute atomic E-state index is 0.0446. The van der Waals surface area contributed by atoms with Crippen molar-refractivity contribution >= 4 is 21.5 Å². The number of hydrogen-bond acceptors (Lipinski definition) is 8. The van der Waals surface area contributed by atoms with Gasteiger partial charge in [0.05, 0.1) is 29.3 Å². The van der Waals surface area contributed by atoms with Crippen LogP contribution in [0, 0.1) is 6.92 Å². The second-order valence-electron chi connectivity index (χ2n) is 9.76. The Morgan fingerprint density at radius 2 is 1.89 bits per heavy atom. The average molecular weight is 545 g/mol. The van der Waals surface area contributed by atoms with Gasteiger partial charge in [0.1, 0.15) is 11.6 Å². The van der Waals surface area contributed by atoms with E-state index in [0.717, 1.165) is 31.5 Å². The van der Waals surface area contributed by atoms with Gasteiger partial charge >= 0.3 is 5.97 Å². The summed E-state index contributed by atoms with van der Waals surface area (Å²) in [5.74, 6) is 0.630. The molecule has 204 valence electrons. The van der Waals surface area contributed by atoms with Crippen LogP contribution in [-0.4, -0.2) is 87.6 Å². The Morgan fingerprint density at radius 1 is 1.18 bits per heavy atom. The van der Waals surface area contributed by atoms with Gasteiger partial charge in [-0.1, -0.05) is 12.8 Å². The topological polar surface area (TPSA) is 150 Å². The summed E-state index contributed by atoms with van der Waals surface area (Å²) in [4.78, 5) is 33.4. The van der Waals surface area contributed by atoms with Gasteiger partial charge in [-0.3, -0.25) is 14.5 Å². The number of benzene rings is 1. The number of hydrogen-bond donors (Lipinski definition) is 2. The summed E-state index contributed by atoms with van der Waals surface area (Å²) in [5.41, 5.74) is 1.00. The van der Waals surface area contributed by atoms with E-state index in [9.17, 15) is 18.0 Å². The van der Waals surface area contributed by atoms with Gasteiger partial charge in [0.25, 0.3) is 5.56 Å². The number of nitrogens with one attached hydrogen (secondary N) is 1. The largest absolute Gasteiger partial charge is 0.493 e. The molecule has 0 radical (unpaired) electrons. The number of piperazine rings is 1. The van der Waals surface area contributed by atoms with Crippen molar-refractivity contribution in [2.45, 2.75) is 50.3 Å². The third-order valence-electron chi connectivity index (χ3n) is 7.25. The SMILES string of the molecule is CCOc1ccc(S(=O)(=O)N2CCN(CC(=O)O)CC2)cc1-c1nn2c(C3CCCC3)nc(C)c2c(=O)[nH]1. The van der Waals surface area contributed by atoms with Gasteiger partial charge in [-0.25, -0.2) is 17.9 Å². The van der Waals surface area contributed by atoms with Gasteiger partial charge in [0, 0.05) is 32.1 Å². The molecule has 2 aliphatic rings. The fraction of sp³-hybridized carbons (Fsp3) is 0.520. The highest BCUT2D eigenvalue weighted by Crippen LogP contribution is 2.35. The average Bonchev–Trinajstić information content (AvgIpc) is 3.52. The number of H-pyrrole nitrogens is 1. The monoisotopic (exact) mass is 544 g/mol. The van der Waals surface area contributed by atoms with Crippen molar-refractivity contribution in [2.75, 3.05) is 39.3 Å². The number of rotatable bonds is 8.